The molecule has 20 heavy (non-hydrogen) atoms. The van der Waals surface area contributed by atoms with Gasteiger partial charge in [-0.05, 0) is 30.3 Å². The second kappa shape index (κ2) is 4.89. The second-order valence-electron chi connectivity index (χ2n) is 4.14. The number of aromatic hydroxyl groups is 1. The van der Waals surface area contributed by atoms with Crippen LogP contribution in [0.4, 0.5) is 4.39 Å². The molecule has 1 N–H and O–H groups in total. The molecule has 0 aliphatic rings. The molecule has 0 spiro atoms. The van der Waals surface area contributed by atoms with E-state index in [1.807, 2.05) is 0 Å². The summed E-state index contributed by atoms with van der Waals surface area (Å²) in [6, 6.07) is 9.10. The standard InChI is InChI=1S/C14H7Cl2FN2O/c15-10-3-1-2-8(12(10)17)14-18-11-5-4-7(20)6-9(11)13(16)19-14/h1-6,20H. The molecule has 1 heterocycles. The van der Waals surface area contributed by atoms with E-state index in [0.29, 0.717) is 10.9 Å². The first-order chi connectivity index (χ1) is 9.56. The summed E-state index contributed by atoms with van der Waals surface area (Å²) in [5.41, 5.74) is 0.687. The van der Waals surface area contributed by atoms with Crippen LogP contribution in [-0.2, 0) is 0 Å². The van der Waals surface area contributed by atoms with Gasteiger partial charge in [0, 0.05) is 5.39 Å². The highest BCUT2D eigenvalue weighted by atomic mass is 35.5. The average Bonchev–Trinajstić information content (AvgIpc) is 2.42. The number of fused-ring (bicyclic) bond motifs is 1. The number of phenolic OH excluding ortho intramolecular Hbond substituents is 1. The molecule has 0 aliphatic carbocycles. The van der Waals surface area contributed by atoms with Crippen molar-refractivity contribution in [2.24, 2.45) is 0 Å². The molecule has 0 saturated heterocycles. The lowest BCUT2D eigenvalue weighted by Crippen LogP contribution is -1.94. The van der Waals surface area contributed by atoms with Gasteiger partial charge in [0.25, 0.3) is 0 Å². The quantitative estimate of drug-likeness (QED) is 0.676. The van der Waals surface area contributed by atoms with Gasteiger partial charge in [-0.25, -0.2) is 14.4 Å². The Bertz CT molecular complexity index is 824. The van der Waals surface area contributed by atoms with Crippen molar-refractivity contribution in [3.8, 4) is 17.1 Å². The van der Waals surface area contributed by atoms with Gasteiger partial charge in [0.1, 0.15) is 10.9 Å². The van der Waals surface area contributed by atoms with Crippen LogP contribution in [-0.4, -0.2) is 15.1 Å². The summed E-state index contributed by atoms with van der Waals surface area (Å²) in [7, 11) is 0. The highest BCUT2D eigenvalue weighted by Crippen LogP contribution is 2.30. The summed E-state index contributed by atoms with van der Waals surface area (Å²) < 4.78 is 14.0. The second-order valence-corrected chi connectivity index (χ2v) is 4.91. The van der Waals surface area contributed by atoms with Gasteiger partial charge in [0.05, 0.1) is 16.1 Å². The Labute approximate surface area is 123 Å². The zero-order valence-corrected chi connectivity index (χ0v) is 11.5. The molecule has 3 nitrogen and oxygen atoms in total. The van der Waals surface area contributed by atoms with Crippen molar-refractivity contribution in [2.75, 3.05) is 0 Å². The van der Waals surface area contributed by atoms with E-state index >= 15 is 0 Å². The molecule has 2 aromatic carbocycles. The molecular weight excluding hydrogens is 302 g/mol. The smallest absolute Gasteiger partial charge is 0.164 e. The molecular formula is C14H7Cl2FN2O. The van der Waals surface area contributed by atoms with Crippen LogP contribution in [0.5, 0.6) is 5.75 Å². The van der Waals surface area contributed by atoms with Crippen molar-refractivity contribution in [3.63, 3.8) is 0 Å². The molecule has 0 atom stereocenters. The maximum absolute atomic E-state index is 14.0. The van der Waals surface area contributed by atoms with Gasteiger partial charge in [0.2, 0.25) is 0 Å². The number of phenols is 1. The van der Waals surface area contributed by atoms with Crippen LogP contribution in [0, 0.1) is 5.82 Å². The van der Waals surface area contributed by atoms with E-state index in [0.717, 1.165) is 0 Å². The molecule has 0 amide bonds. The predicted molar refractivity (Wildman–Crippen MR) is 76.6 cm³/mol. The zero-order chi connectivity index (χ0) is 14.3. The summed E-state index contributed by atoms with van der Waals surface area (Å²) in [4.78, 5) is 8.30. The number of nitrogens with zero attached hydrogens (tertiary/aromatic N) is 2. The molecule has 0 unspecified atom stereocenters. The zero-order valence-electron chi connectivity index (χ0n) is 9.94. The van der Waals surface area contributed by atoms with E-state index in [2.05, 4.69) is 9.97 Å². The predicted octanol–water partition coefficient (Wildman–Crippen LogP) is 4.45. The Morgan fingerprint density at radius 3 is 2.65 bits per heavy atom. The first-order valence-electron chi connectivity index (χ1n) is 5.67. The van der Waals surface area contributed by atoms with Crippen molar-refractivity contribution in [1.29, 1.82) is 0 Å². The Morgan fingerprint density at radius 2 is 1.85 bits per heavy atom. The minimum absolute atomic E-state index is 0.00646. The first kappa shape index (κ1) is 13.1. The first-order valence-corrected chi connectivity index (χ1v) is 6.42. The Kier molecular flexibility index (Phi) is 3.20. The van der Waals surface area contributed by atoms with E-state index in [-0.39, 0.29) is 27.3 Å². The van der Waals surface area contributed by atoms with E-state index in [9.17, 15) is 9.50 Å². The van der Waals surface area contributed by atoms with Gasteiger partial charge in [-0.15, -0.1) is 0 Å². The van der Waals surface area contributed by atoms with Crippen LogP contribution < -0.4 is 0 Å². The highest BCUT2D eigenvalue weighted by molar-refractivity contribution is 6.34. The van der Waals surface area contributed by atoms with Crippen LogP contribution in [0.15, 0.2) is 36.4 Å². The Morgan fingerprint density at radius 1 is 1.05 bits per heavy atom. The molecule has 3 rings (SSSR count). The molecule has 1 aromatic heterocycles. The summed E-state index contributed by atoms with van der Waals surface area (Å²) in [6.45, 7) is 0. The van der Waals surface area contributed by atoms with Crippen molar-refractivity contribution < 1.29 is 9.50 Å². The Hall–Kier alpha value is -1.91. The molecule has 0 aliphatic heterocycles. The largest absolute Gasteiger partial charge is 0.508 e. The summed E-state index contributed by atoms with van der Waals surface area (Å²) in [5, 5.41) is 10.1. The molecule has 100 valence electrons. The number of benzene rings is 2. The van der Waals surface area contributed by atoms with E-state index in [1.54, 1.807) is 12.1 Å². The maximum Gasteiger partial charge on any atom is 0.164 e. The SMILES string of the molecule is Oc1ccc2nc(-c3cccc(Cl)c3F)nc(Cl)c2c1. The monoisotopic (exact) mass is 308 g/mol. The van der Waals surface area contributed by atoms with Gasteiger partial charge >= 0.3 is 0 Å². The maximum atomic E-state index is 14.0. The molecule has 0 fully saturated rings. The lowest BCUT2D eigenvalue weighted by Gasteiger charge is -2.06. The van der Waals surface area contributed by atoms with Crippen LogP contribution in [0.1, 0.15) is 0 Å². The molecule has 0 radical (unpaired) electrons. The number of hydrogen-bond acceptors (Lipinski definition) is 3. The van der Waals surface area contributed by atoms with E-state index < -0.39 is 5.82 Å². The third kappa shape index (κ3) is 2.17. The van der Waals surface area contributed by atoms with Gasteiger partial charge in [0.15, 0.2) is 11.6 Å². The number of halogens is 3. The van der Waals surface area contributed by atoms with Crippen molar-refractivity contribution >= 4 is 34.1 Å². The Balaban J connectivity index is 2.28. The number of aromatic nitrogens is 2. The third-order valence-electron chi connectivity index (χ3n) is 2.83. The fourth-order valence-electron chi connectivity index (χ4n) is 1.88. The van der Waals surface area contributed by atoms with E-state index in [1.165, 1.54) is 24.3 Å². The summed E-state index contributed by atoms with van der Waals surface area (Å²) in [6.07, 6.45) is 0. The molecule has 0 bridgehead atoms. The number of rotatable bonds is 1. The molecule has 0 saturated carbocycles. The normalized spacial score (nSPS) is 10.9. The minimum atomic E-state index is -0.594. The van der Waals surface area contributed by atoms with Gasteiger partial charge in [-0.1, -0.05) is 29.3 Å². The van der Waals surface area contributed by atoms with Crippen molar-refractivity contribution in [1.82, 2.24) is 9.97 Å². The fourth-order valence-corrected chi connectivity index (χ4v) is 2.28. The van der Waals surface area contributed by atoms with E-state index in [4.69, 9.17) is 23.2 Å². The summed E-state index contributed by atoms with van der Waals surface area (Å²) in [5.74, 6) is -0.388. The van der Waals surface area contributed by atoms with Gasteiger partial charge in [-0.3, -0.25) is 0 Å². The van der Waals surface area contributed by atoms with Gasteiger partial charge < -0.3 is 5.11 Å². The van der Waals surface area contributed by atoms with Crippen LogP contribution in [0.2, 0.25) is 10.2 Å². The average molecular weight is 309 g/mol. The van der Waals surface area contributed by atoms with Crippen LogP contribution in [0.25, 0.3) is 22.3 Å². The topological polar surface area (TPSA) is 46.0 Å². The van der Waals surface area contributed by atoms with Crippen LogP contribution in [0.3, 0.4) is 0 Å². The highest BCUT2D eigenvalue weighted by Gasteiger charge is 2.14. The fraction of sp³-hybridized carbons (Fsp3) is 0. The number of hydrogen-bond donors (Lipinski definition) is 1. The lowest BCUT2D eigenvalue weighted by atomic mass is 10.2. The van der Waals surface area contributed by atoms with Crippen molar-refractivity contribution in [3.05, 3.63) is 52.4 Å². The minimum Gasteiger partial charge on any atom is -0.508 e. The lowest BCUT2D eigenvalue weighted by molar-refractivity contribution is 0.476. The third-order valence-corrected chi connectivity index (χ3v) is 3.41. The molecule has 6 heteroatoms. The molecule has 3 aromatic rings. The summed E-state index contributed by atoms with van der Waals surface area (Å²) >= 11 is 11.8. The van der Waals surface area contributed by atoms with Crippen molar-refractivity contribution in [2.45, 2.75) is 0 Å². The van der Waals surface area contributed by atoms with Gasteiger partial charge in [-0.2, -0.15) is 0 Å². The van der Waals surface area contributed by atoms with Crippen LogP contribution >= 0.6 is 23.2 Å².